The van der Waals surface area contributed by atoms with Gasteiger partial charge in [-0.2, -0.15) is 0 Å². The van der Waals surface area contributed by atoms with Gasteiger partial charge in [0.05, 0.1) is 19.8 Å². The minimum Gasteiger partial charge on any atom is -0.378 e. The van der Waals surface area contributed by atoms with Crippen LogP contribution in [0.1, 0.15) is 20.8 Å². The van der Waals surface area contributed by atoms with E-state index < -0.39 is 0 Å². The lowest BCUT2D eigenvalue weighted by atomic mass is 10.1. The van der Waals surface area contributed by atoms with Gasteiger partial charge in [0.2, 0.25) is 5.91 Å². The molecular formula is C11H22N2O2. The zero-order chi connectivity index (χ0) is 11.5. The van der Waals surface area contributed by atoms with E-state index in [1.807, 2.05) is 11.9 Å². The first-order chi connectivity index (χ1) is 6.91. The summed E-state index contributed by atoms with van der Waals surface area (Å²) in [6.45, 7) is 9.63. The third kappa shape index (κ3) is 3.80. The number of rotatable bonds is 2. The van der Waals surface area contributed by atoms with Crippen molar-refractivity contribution in [3.63, 3.8) is 0 Å². The van der Waals surface area contributed by atoms with Crippen LogP contribution in [0.5, 0.6) is 0 Å². The van der Waals surface area contributed by atoms with Gasteiger partial charge < -0.3 is 9.64 Å². The molecule has 1 saturated heterocycles. The van der Waals surface area contributed by atoms with E-state index in [4.69, 9.17) is 4.74 Å². The van der Waals surface area contributed by atoms with Crippen molar-refractivity contribution in [3.8, 4) is 0 Å². The maximum atomic E-state index is 11.9. The SMILES string of the molecule is CN(CC(=O)N1CCOCC1)C(C)(C)C. The summed E-state index contributed by atoms with van der Waals surface area (Å²) in [5.41, 5.74) is 0.0436. The molecule has 0 N–H and O–H groups in total. The summed E-state index contributed by atoms with van der Waals surface area (Å²) in [7, 11) is 1.98. The maximum absolute atomic E-state index is 11.9. The van der Waals surface area contributed by atoms with E-state index >= 15 is 0 Å². The van der Waals surface area contributed by atoms with E-state index in [9.17, 15) is 4.79 Å². The smallest absolute Gasteiger partial charge is 0.236 e. The summed E-state index contributed by atoms with van der Waals surface area (Å²) < 4.78 is 5.21. The molecule has 1 amide bonds. The Bertz CT molecular complexity index is 217. The van der Waals surface area contributed by atoms with E-state index in [2.05, 4.69) is 25.7 Å². The van der Waals surface area contributed by atoms with Gasteiger partial charge >= 0.3 is 0 Å². The molecule has 1 aliphatic rings. The van der Waals surface area contributed by atoms with Gasteiger partial charge in [-0.1, -0.05) is 0 Å². The van der Waals surface area contributed by atoms with Crippen LogP contribution in [0.25, 0.3) is 0 Å². The summed E-state index contributed by atoms with van der Waals surface area (Å²) >= 11 is 0. The van der Waals surface area contributed by atoms with Crippen molar-refractivity contribution >= 4 is 5.91 Å². The fourth-order valence-corrected chi connectivity index (χ4v) is 1.35. The van der Waals surface area contributed by atoms with Crippen molar-refractivity contribution in [3.05, 3.63) is 0 Å². The number of ether oxygens (including phenoxy) is 1. The van der Waals surface area contributed by atoms with Gasteiger partial charge in [0.25, 0.3) is 0 Å². The number of amides is 1. The molecule has 0 aromatic carbocycles. The van der Waals surface area contributed by atoms with Gasteiger partial charge in [-0.25, -0.2) is 0 Å². The lowest BCUT2D eigenvalue weighted by Gasteiger charge is -2.34. The lowest BCUT2D eigenvalue weighted by molar-refractivity contribution is -0.137. The molecule has 0 aromatic rings. The third-order valence-corrected chi connectivity index (χ3v) is 2.88. The molecule has 0 radical (unpaired) electrons. The highest BCUT2D eigenvalue weighted by molar-refractivity contribution is 5.78. The van der Waals surface area contributed by atoms with Crippen LogP contribution in [-0.4, -0.2) is 61.1 Å². The minimum atomic E-state index is 0.0436. The van der Waals surface area contributed by atoms with Crippen LogP contribution in [-0.2, 0) is 9.53 Å². The number of nitrogens with zero attached hydrogens (tertiary/aromatic N) is 2. The number of morpholine rings is 1. The van der Waals surface area contributed by atoms with E-state index in [1.54, 1.807) is 0 Å². The first kappa shape index (κ1) is 12.5. The molecule has 0 saturated carbocycles. The van der Waals surface area contributed by atoms with Gasteiger partial charge in [0, 0.05) is 18.6 Å². The molecular weight excluding hydrogens is 192 g/mol. The number of hydrogen-bond donors (Lipinski definition) is 0. The summed E-state index contributed by atoms with van der Waals surface area (Å²) in [6.07, 6.45) is 0. The number of hydrogen-bond acceptors (Lipinski definition) is 3. The Morgan fingerprint density at radius 1 is 1.33 bits per heavy atom. The Morgan fingerprint density at radius 2 is 1.87 bits per heavy atom. The monoisotopic (exact) mass is 214 g/mol. The first-order valence-corrected chi connectivity index (χ1v) is 5.48. The second-order valence-corrected chi connectivity index (χ2v) is 5.02. The second-order valence-electron chi connectivity index (χ2n) is 5.02. The second kappa shape index (κ2) is 4.94. The number of carbonyl (C=O) groups is 1. The third-order valence-electron chi connectivity index (χ3n) is 2.88. The molecule has 0 unspecified atom stereocenters. The molecule has 88 valence electrons. The van der Waals surface area contributed by atoms with E-state index in [-0.39, 0.29) is 11.4 Å². The van der Waals surface area contributed by atoms with E-state index in [0.29, 0.717) is 19.8 Å². The Kier molecular flexibility index (Phi) is 4.11. The molecule has 15 heavy (non-hydrogen) atoms. The fraction of sp³-hybridized carbons (Fsp3) is 0.909. The average molecular weight is 214 g/mol. The fourth-order valence-electron chi connectivity index (χ4n) is 1.35. The Balaban J connectivity index is 2.40. The maximum Gasteiger partial charge on any atom is 0.236 e. The zero-order valence-corrected chi connectivity index (χ0v) is 10.2. The Hall–Kier alpha value is -0.610. The summed E-state index contributed by atoms with van der Waals surface area (Å²) in [4.78, 5) is 15.8. The summed E-state index contributed by atoms with van der Waals surface area (Å²) in [5, 5.41) is 0. The average Bonchev–Trinajstić information content (AvgIpc) is 2.17. The van der Waals surface area contributed by atoms with Gasteiger partial charge in [0.1, 0.15) is 0 Å². The molecule has 4 heteroatoms. The van der Waals surface area contributed by atoms with Crippen LogP contribution in [0.2, 0.25) is 0 Å². The van der Waals surface area contributed by atoms with Crippen molar-refractivity contribution in [2.75, 3.05) is 39.9 Å². The first-order valence-electron chi connectivity index (χ1n) is 5.48. The molecule has 1 heterocycles. The highest BCUT2D eigenvalue weighted by Gasteiger charge is 2.23. The van der Waals surface area contributed by atoms with E-state index in [0.717, 1.165) is 13.1 Å². The van der Waals surface area contributed by atoms with Crippen LogP contribution in [0.3, 0.4) is 0 Å². The highest BCUT2D eigenvalue weighted by Crippen LogP contribution is 2.10. The molecule has 4 nitrogen and oxygen atoms in total. The zero-order valence-electron chi connectivity index (χ0n) is 10.2. The van der Waals surface area contributed by atoms with Gasteiger partial charge in [-0.3, -0.25) is 9.69 Å². The minimum absolute atomic E-state index is 0.0436. The van der Waals surface area contributed by atoms with Crippen molar-refractivity contribution in [2.45, 2.75) is 26.3 Å². The predicted octanol–water partition coefficient (Wildman–Crippen LogP) is 0.575. The molecule has 1 rings (SSSR count). The molecule has 0 bridgehead atoms. The summed E-state index contributed by atoms with van der Waals surface area (Å²) in [6, 6.07) is 0. The van der Waals surface area contributed by atoms with Crippen LogP contribution in [0.4, 0.5) is 0 Å². The highest BCUT2D eigenvalue weighted by atomic mass is 16.5. The summed E-state index contributed by atoms with van der Waals surface area (Å²) in [5.74, 6) is 0.204. The quantitative estimate of drug-likeness (QED) is 0.674. The normalized spacial score (nSPS) is 18.3. The van der Waals surface area contributed by atoms with Crippen LogP contribution < -0.4 is 0 Å². The molecule has 1 aliphatic heterocycles. The molecule has 0 atom stereocenters. The molecule has 0 aliphatic carbocycles. The van der Waals surface area contributed by atoms with Crippen molar-refractivity contribution in [2.24, 2.45) is 0 Å². The van der Waals surface area contributed by atoms with Crippen molar-refractivity contribution < 1.29 is 9.53 Å². The molecule has 1 fully saturated rings. The van der Waals surface area contributed by atoms with Crippen molar-refractivity contribution in [1.29, 1.82) is 0 Å². The molecule has 0 spiro atoms. The topological polar surface area (TPSA) is 32.8 Å². The van der Waals surface area contributed by atoms with Crippen LogP contribution >= 0.6 is 0 Å². The molecule has 0 aromatic heterocycles. The van der Waals surface area contributed by atoms with Gasteiger partial charge in [0.15, 0.2) is 0 Å². The largest absolute Gasteiger partial charge is 0.378 e. The number of likely N-dealkylation sites (N-methyl/N-ethyl adjacent to an activating group) is 1. The van der Waals surface area contributed by atoms with Gasteiger partial charge in [-0.05, 0) is 27.8 Å². The van der Waals surface area contributed by atoms with Crippen LogP contribution in [0, 0.1) is 0 Å². The Morgan fingerprint density at radius 3 is 2.33 bits per heavy atom. The lowest BCUT2D eigenvalue weighted by Crippen LogP contribution is -2.49. The Labute approximate surface area is 92.2 Å². The van der Waals surface area contributed by atoms with Gasteiger partial charge in [-0.15, -0.1) is 0 Å². The van der Waals surface area contributed by atoms with Crippen molar-refractivity contribution in [1.82, 2.24) is 9.80 Å². The van der Waals surface area contributed by atoms with Crippen LogP contribution in [0.15, 0.2) is 0 Å². The standard InChI is InChI=1S/C11H22N2O2/c1-11(2,3)12(4)9-10(14)13-5-7-15-8-6-13/h5-9H2,1-4H3. The van der Waals surface area contributed by atoms with E-state index in [1.165, 1.54) is 0 Å². The predicted molar refractivity (Wildman–Crippen MR) is 59.8 cm³/mol. The number of carbonyl (C=O) groups excluding carboxylic acids is 1.